The molecule has 3 atom stereocenters. The minimum atomic E-state index is -4.52. The van der Waals surface area contributed by atoms with E-state index in [2.05, 4.69) is 15.4 Å². The number of carbonyl (C=O) groups excluding carboxylic acids is 1. The molecule has 0 spiro atoms. The van der Waals surface area contributed by atoms with Crippen LogP contribution in [0.5, 0.6) is 0 Å². The summed E-state index contributed by atoms with van der Waals surface area (Å²) in [6.07, 6.45) is 3.83. The molecule has 0 aliphatic carbocycles. The number of aromatic nitrogens is 3. The van der Waals surface area contributed by atoms with Crippen molar-refractivity contribution in [3.63, 3.8) is 0 Å². The van der Waals surface area contributed by atoms with Gasteiger partial charge in [0.1, 0.15) is 17.1 Å². The molecule has 1 saturated heterocycles. The van der Waals surface area contributed by atoms with E-state index >= 15 is 0 Å². The number of piperidine rings is 1. The van der Waals surface area contributed by atoms with Crippen molar-refractivity contribution in [2.45, 2.75) is 50.0 Å². The van der Waals surface area contributed by atoms with Gasteiger partial charge in [0.2, 0.25) is 0 Å². The van der Waals surface area contributed by atoms with Crippen LogP contribution in [0.1, 0.15) is 65.5 Å². The average molecular weight is 445 g/mol. The van der Waals surface area contributed by atoms with E-state index in [4.69, 9.17) is 4.42 Å². The van der Waals surface area contributed by atoms with Gasteiger partial charge in [-0.05, 0) is 43.0 Å². The highest BCUT2D eigenvalue weighted by Crippen LogP contribution is 2.45. The first-order chi connectivity index (χ1) is 15.4. The summed E-state index contributed by atoms with van der Waals surface area (Å²) in [6, 6.07) is 4.24. The molecular formula is C22H22F3N5O2. The molecule has 1 N–H and O–H groups in total. The molecule has 10 heteroatoms. The van der Waals surface area contributed by atoms with E-state index in [9.17, 15) is 18.0 Å². The van der Waals surface area contributed by atoms with Crippen LogP contribution in [-0.2, 0) is 0 Å². The van der Waals surface area contributed by atoms with E-state index in [-0.39, 0.29) is 29.8 Å². The van der Waals surface area contributed by atoms with Gasteiger partial charge in [0.05, 0.1) is 24.5 Å². The van der Waals surface area contributed by atoms with Crippen LogP contribution < -0.4 is 5.32 Å². The van der Waals surface area contributed by atoms with Crippen LogP contribution in [0, 0.1) is 0 Å². The molecule has 2 aliphatic heterocycles. The van der Waals surface area contributed by atoms with Gasteiger partial charge in [-0.15, -0.1) is 0 Å². The molecule has 3 aromatic heterocycles. The van der Waals surface area contributed by atoms with E-state index in [1.807, 2.05) is 12.1 Å². The van der Waals surface area contributed by atoms with E-state index in [1.54, 1.807) is 29.4 Å². The second-order valence-electron chi connectivity index (χ2n) is 8.15. The number of anilines is 1. The summed E-state index contributed by atoms with van der Waals surface area (Å²) in [7, 11) is 0. The van der Waals surface area contributed by atoms with Crippen molar-refractivity contribution in [2.24, 2.45) is 0 Å². The molecule has 1 amide bonds. The Morgan fingerprint density at radius 3 is 2.78 bits per heavy atom. The molecule has 3 aromatic rings. The van der Waals surface area contributed by atoms with Crippen LogP contribution in [-0.4, -0.2) is 38.3 Å². The first-order valence-electron chi connectivity index (χ1n) is 10.6. The number of carbonyl (C=O) groups is 1. The van der Waals surface area contributed by atoms with Gasteiger partial charge in [-0.25, -0.2) is 4.68 Å². The lowest BCUT2D eigenvalue weighted by Crippen LogP contribution is -2.40. The van der Waals surface area contributed by atoms with Crippen molar-refractivity contribution in [3.05, 3.63) is 66.0 Å². The number of halogens is 3. The predicted molar refractivity (Wildman–Crippen MR) is 109 cm³/mol. The zero-order chi connectivity index (χ0) is 22.3. The SMILES string of the molecule is O=C(c1cnn2c1N[C@H](c1ccco1)C[C@H]2C(F)(F)F)N1CCCC[C@H]1c1cccnc1. The van der Waals surface area contributed by atoms with Crippen molar-refractivity contribution in [1.82, 2.24) is 19.7 Å². The fourth-order valence-electron chi connectivity index (χ4n) is 4.64. The maximum Gasteiger partial charge on any atom is 0.410 e. The number of nitrogens with one attached hydrogen (secondary N) is 1. The summed E-state index contributed by atoms with van der Waals surface area (Å²) in [6.45, 7) is 0.521. The van der Waals surface area contributed by atoms with Gasteiger partial charge in [0, 0.05) is 25.4 Å². The first-order valence-corrected chi connectivity index (χ1v) is 10.6. The van der Waals surface area contributed by atoms with Crippen molar-refractivity contribution in [1.29, 1.82) is 0 Å². The Bertz CT molecular complexity index is 1080. The van der Waals surface area contributed by atoms with Crippen molar-refractivity contribution >= 4 is 11.7 Å². The largest absolute Gasteiger partial charge is 0.467 e. The Morgan fingerprint density at radius 1 is 1.19 bits per heavy atom. The molecule has 168 valence electrons. The molecular weight excluding hydrogens is 423 g/mol. The summed E-state index contributed by atoms with van der Waals surface area (Å²) in [5, 5.41) is 7.05. The summed E-state index contributed by atoms with van der Waals surface area (Å²) in [5.41, 5.74) is 1.04. The second-order valence-corrected chi connectivity index (χ2v) is 8.15. The lowest BCUT2D eigenvalue weighted by molar-refractivity contribution is -0.174. The lowest BCUT2D eigenvalue weighted by Gasteiger charge is -2.37. The molecule has 2 aliphatic rings. The summed E-state index contributed by atoms with van der Waals surface area (Å²) in [5.74, 6) is 0.116. The van der Waals surface area contributed by atoms with E-state index in [0.717, 1.165) is 29.5 Å². The fourth-order valence-corrected chi connectivity index (χ4v) is 4.64. The van der Waals surface area contributed by atoms with Gasteiger partial charge in [-0.1, -0.05) is 6.07 Å². The summed E-state index contributed by atoms with van der Waals surface area (Å²) in [4.78, 5) is 19.5. The number of alkyl halides is 3. The maximum atomic E-state index is 13.9. The number of pyridine rings is 1. The van der Waals surface area contributed by atoms with Gasteiger partial charge in [-0.3, -0.25) is 9.78 Å². The molecule has 0 bridgehead atoms. The second kappa shape index (κ2) is 7.99. The minimum absolute atomic E-state index is 0.0699. The van der Waals surface area contributed by atoms with Crippen LogP contribution in [0.15, 0.2) is 53.5 Å². The minimum Gasteiger partial charge on any atom is -0.467 e. The van der Waals surface area contributed by atoms with Crippen LogP contribution >= 0.6 is 0 Å². The fraction of sp³-hybridized carbons (Fsp3) is 0.409. The zero-order valence-corrected chi connectivity index (χ0v) is 17.1. The zero-order valence-electron chi connectivity index (χ0n) is 17.1. The van der Waals surface area contributed by atoms with Crippen LogP contribution in [0.4, 0.5) is 19.0 Å². The number of hydrogen-bond acceptors (Lipinski definition) is 5. The van der Waals surface area contributed by atoms with E-state index in [0.29, 0.717) is 12.3 Å². The average Bonchev–Trinajstić information content (AvgIpc) is 3.48. The smallest absolute Gasteiger partial charge is 0.410 e. The molecule has 7 nitrogen and oxygen atoms in total. The third-order valence-electron chi connectivity index (χ3n) is 6.19. The topological polar surface area (TPSA) is 76.2 Å². The summed E-state index contributed by atoms with van der Waals surface area (Å²) < 4.78 is 47.8. The highest BCUT2D eigenvalue weighted by Gasteiger charge is 2.48. The number of hydrogen-bond donors (Lipinski definition) is 1. The molecule has 5 heterocycles. The molecule has 0 aromatic carbocycles. The highest BCUT2D eigenvalue weighted by molar-refractivity contribution is 5.99. The third kappa shape index (κ3) is 3.63. The maximum absolute atomic E-state index is 13.9. The monoisotopic (exact) mass is 445 g/mol. The Balaban J connectivity index is 1.51. The van der Waals surface area contributed by atoms with Gasteiger partial charge in [-0.2, -0.15) is 18.3 Å². The molecule has 1 fully saturated rings. The summed E-state index contributed by atoms with van der Waals surface area (Å²) >= 11 is 0. The number of furan rings is 1. The number of likely N-dealkylation sites (tertiary alicyclic amines) is 1. The van der Waals surface area contributed by atoms with Crippen LogP contribution in [0.25, 0.3) is 0 Å². The Morgan fingerprint density at radius 2 is 2.06 bits per heavy atom. The predicted octanol–water partition coefficient (Wildman–Crippen LogP) is 4.90. The first kappa shape index (κ1) is 20.6. The number of rotatable bonds is 3. The highest BCUT2D eigenvalue weighted by atomic mass is 19.4. The Kier molecular flexibility index (Phi) is 5.15. The number of fused-ring (bicyclic) bond motifs is 1. The van der Waals surface area contributed by atoms with Crippen LogP contribution in [0.2, 0.25) is 0 Å². The van der Waals surface area contributed by atoms with Gasteiger partial charge >= 0.3 is 6.18 Å². The van der Waals surface area contributed by atoms with Gasteiger partial charge in [0.15, 0.2) is 6.04 Å². The molecule has 0 saturated carbocycles. The van der Waals surface area contributed by atoms with Gasteiger partial charge < -0.3 is 14.6 Å². The third-order valence-corrected chi connectivity index (χ3v) is 6.19. The lowest BCUT2D eigenvalue weighted by atomic mass is 9.95. The van der Waals surface area contributed by atoms with Gasteiger partial charge in [0.25, 0.3) is 5.91 Å². The molecule has 32 heavy (non-hydrogen) atoms. The molecule has 5 rings (SSSR count). The van der Waals surface area contributed by atoms with E-state index in [1.165, 1.54) is 12.5 Å². The standard InChI is InChI=1S/C22H22F3N5O2/c23-22(24,25)19-11-16(18-7-4-10-32-18)28-20-15(13-27-30(19)20)21(31)29-9-2-1-6-17(29)14-5-3-8-26-12-14/h3-5,7-8,10,12-13,16-17,19,28H,1-2,6,9,11H2/t16-,17-,19-/m0/s1. The number of nitrogens with zero attached hydrogens (tertiary/aromatic N) is 4. The normalized spacial score (nSPS) is 23.5. The Hall–Kier alpha value is -3.30. The number of amides is 1. The molecule has 0 unspecified atom stereocenters. The van der Waals surface area contributed by atoms with Crippen molar-refractivity contribution in [3.8, 4) is 0 Å². The molecule has 0 radical (unpaired) electrons. The van der Waals surface area contributed by atoms with Crippen molar-refractivity contribution in [2.75, 3.05) is 11.9 Å². The van der Waals surface area contributed by atoms with Crippen molar-refractivity contribution < 1.29 is 22.4 Å². The van der Waals surface area contributed by atoms with E-state index < -0.39 is 18.3 Å². The quantitative estimate of drug-likeness (QED) is 0.621. The van der Waals surface area contributed by atoms with Crippen LogP contribution in [0.3, 0.4) is 0 Å². The Labute approximate surface area is 182 Å².